The Morgan fingerprint density at radius 3 is 2.70 bits per heavy atom. The SMILES string of the molecule is COc1cc2c3c(c1OC/C=C/c1ccccc1)-c1cc4c(cc1CC3N(C)CC2)OCO4. The van der Waals surface area contributed by atoms with Crippen LogP contribution in [0, 0.1) is 0 Å². The fraction of sp³-hybridized carbons (Fsp3) is 0.286. The van der Waals surface area contributed by atoms with Crippen molar-refractivity contribution in [2.45, 2.75) is 18.9 Å². The normalized spacial score (nSPS) is 18.2. The van der Waals surface area contributed by atoms with Crippen molar-refractivity contribution >= 4 is 6.08 Å². The average molecular weight is 442 g/mol. The summed E-state index contributed by atoms with van der Waals surface area (Å²) in [6, 6.07) is 17.0. The van der Waals surface area contributed by atoms with Gasteiger partial charge in [-0.3, -0.25) is 4.90 Å². The predicted molar refractivity (Wildman–Crippen MR) is 128 cm³/mol. The first-order valence-corrected chi connectivity index (χ1v) is 11.4. The summed E-state index contributed by atoms with van der Waals surface area (Å²) in [5, 5.41) is 0. The first kappa shape index (κ1) is 20.2. The van der Waals surface area contributed by atoms with Gasteiger partial charge < -0.3 is 18.9 Å². The molecule has 5 heteroatoms. The van der Waals surface area contributed by atoms with Crippen molar-refractivity contribution in [2.24, 2.45) is 0 Å². The van der Waals surface area contributed by atoms with Gasteiger partial charge >= 0.3 is 0 Å². The molecule has 0 spiro atoms. The molecule has 0 bridgehead atoms. The lowest BCUT2D eigenvalue weighted by molar-refractivity contribution is 0.174. The topological polar surface area (TPSA) is 40.2 Å². The Hall–Kier alpha value is -3.44. The van der Waals surface area contributed by atoms with E-state index in [-0.39, 0.29) is 6.79 Å². The van der Waals surface area contributed by atoms with Crippen molar-refractivity contribution in [3.05, 3.63) is 76.9 Å². The molecule has 2 heterocycles. The van der Waals surface area contributed by atoms with Gasteiger partial charge in [-0.1, -0.05) is 36.4 Å². The van der Waals surface area contributed by atoms with Crippen molar-refractivity contribution in [1.82, 2.24) is 4.90 Å². The molecule has 0 amide bonds. The van der Waals surface area contributed by atoms with Crippen molar-refractivity contribution in [3.63, 3.8) is 0 Å². The Kier molecular flexibility index (Phi) is 4.99. The Morgan fingerprint density at radius 2 is 1.88 bits per heavy atom. The summed E-state index contributed by atoms with van der Waals surface area (Å²) in [6.45, 7) is 1.75. The highest BCUT2D eigenvalue weighted by molar-refractivity contribution is 5.85. The van der Waals surface area contributed by atoms with E-state index in [0.717, 1.165) is 59.1 Å². The Balaban J connectivity index is 1.46. The number of fused-ring (bicyclic) bond motifs is 3. The second-order valence-electron chi connectivity index (χ2n) is 8.79. The van der Waals surface area contributed by atoms with Gasteiger partial charge in [0.05, 0.1) is 7.11 Å². The molecule has 3 aromatic carbocycles. The van der Waals surface area contributed by atoms with Crippen LogP contribution in [0.5, 0.6) is 23.0 Å². The van der Waals surface area contributed by atoms with Crippen molar-refractivity contribution in [2.75, 3.05) is 34.1 Å². The Labute approximate surface area is 194 Å². The molecule has 0 saturated heterocycles. The molecule has 2 aliphatic heterocycles. The quantitative estimate of drug-likeness (QED) is 0.540. The van der Waals surface area contributed by atoms with Crippen LogP contribution in [0.25, 0.3) is 17.2 Å². The van der Waals surface area contributed by atoms with Crippen LogP contribution in [0.1, 0.15) is 28.3 Å². The number of likely N-dealkylation sites (N-methyl/N-ethyl adjacent to an activating group) is 1. The van der Waals surface area contributed by atoms with Gasteiger partial charge in [0.2, 0.25) is 6.79 Å². The second kappa shape index (κ2) is 8.16. The van der Waals surface area contributed by atoms with E-state index in [1.165, 1.54) is 16.7 Å². The highest BCUT2D eigenvalue weighted by atomic mass is 16.7. The predicted octanol–water partition coefficient (Wildman–Crippen LogP) is 5.27. The number of hydrogen-bond donors (Lipinski definition) is 0. The molecule has 6 rings (SSSR count). The van der Waals surface area contributed by atoms with Gasteiger partial charge in [-0.05, 0) is 72.0 Å². The highest BCUT2D eigenvalue weighted by Crippen LogP contribution is 2.54. The zero-order valence-corrected chi connectivity index (χ0v) is 19.0. The van der Waals surface area contributed by atoms with E-state index in [0.29, 0.717) is 12.6 Å². The van der Waals surface area contributed by atoms with E-state index >= 15 is 0 Å². The van der Waals surface area contributed by atoms with E-state index in [1.807, 2.05) is 24.3 Å². The monoisotopic (exact) mass is 441 g/mol. The lowest BCUT2D eigenvalue weighted by Crippen LogP contribution is -2.35. The molecule has 0 fully saturated rings. The molecule has 0 aromatic heterocycles. The standard InChI is InChI=1S/C28H27NO4/c1-29-11-10-19-14-25(30-2)28(31-12-6-9-18-7-4-3-5-8-18)27-21-16-24-23(32-17-33-24)15-20(21)13-22(29)26(19)27/h3-9,14-16,22H,10-13,17H2,1-2H3/b9-6+. The minimum atomic E-state index is 0.269. The van der Waals surface area contributed by atoms with Crippen molar-refractivity contribution in [1.29, 1.82) is 0 Å². The fourth-order valence-corrected chi connectivity index (χ4v) is 5.26. The zero-order valence-electron chi connectivity index (χ0n) is 19.0. The summed E-state index contributed by atoms with van der Waals surface area (Å²) in [4.78, 5) is 2.45. The number of ether oxygens (including phenoxy) is 4. The second-order valence-corrected chi connectivity index (χ2v) is 8.79. The van der Waals surface area contributed by atoms with Crippen LogP contribution in [0.3, 0.4) is 0 Å². The number of nitrogens with zero attached hydrogens (tertiary/aromatic N) is 1. The third-order valence-electron chi connectivity index (χ3n) is 6.91. The smallest absolute Gasteiger partial charge is 0.231 e. The van der Waals surface area contributed by atoms with Crippen LogP contribution in [-0.4, -0.2) is 39.0 Å². The van der Waals surface area contributed by atoms with Crippen LogP contribution in [0.2, 0.25) is 0 Å². The lowest BCUT2D eigenvalue weighted by Gasteiger charge is -2.40. The molecular weight excluding hydrogens is 414 g/mol. The van der Waals surface area contributed by atoms with Gasteiger partial charge in [0, 0.05) is 18.2 Å². The van der Waals surface area contributed by atoms with Gasteiger partial charge in [0.25, 0.3) is 0 Å². The molecule has 3 aromatic rings. The van der Waals surface area contributed by atoms with Gasteiger partial charge in [-0.2, -0.15) is 0 Å². The molecule has 1 unspecified atom stereocenters. The van der Waals surface area contributed by atoms with E-state index in [4.69, 9.17) is 18.9 Å². The van der Waals surface area contributed by atoms with Gasteiger partial charge in [-0.15, -0.1) is 0 Å². The van der Waals surface area contributed by atoms with E-state index in [2.05, 4.69) is 48.4 Å². The van der Waals surface area contributed by atoms with Crippen LogP contribution in [-0.2, 0) is 12.8 Å². The van der Waals surface area contributed by atoms with Crippen LogP contribution in [0.4, 0.5) is 0 Å². The maximum absolute atomic E-state index is 6.43. The molecule has 3 aliphatic rings. The summed E-state index contributed by atoms with van der Waals surface area (Å²) in [7, 11) is 3.93. The molecule has 5 nitrogen and oxygen atoms in total. The van der Waals surface area contributed by atoms with E-state index in [1.54, 1.807) is 7.11 Å². The maximum atomic E-state index is 6.43. The average Bonchev–Trinajstić information content (AvgIpc) is 3.31. The third kappa shape index (κ3) is 3.44. The molecule has 0 saturated carbocycles. The number of methoxy groups -OCH3 is 1. The molecule has 1 atom stereocenters. The molecule has 0 radical (unpaired) electrons. The highest BCUT2D eigenvalue weighted by Gasteiger charge is 2.37. The van der Waals surface area contributed by atoms with Crippen molar-refractivity contribution in [3.8, 4) is 34.1 Å². The zero-order chi connectivity index (χ0) is 22.4. The summed E-state index contributed by atoms with van der Waals surface area (Å²) in [5.74, 6) is 3.20. The fourth-order valence-electron chi connectivity index (χ4n) is 5.26. The minimum Gasteiger partial charge on any atom is -0.493 e. The summed E-state index contributed by atoms with van der Waals surface area (Å²) in [6.07, 6.45) is 6.08. The van der Waals surface area contributed by atoms with Crippen molar-refractivity contribution < 1.29 is 18.9 Å². The van der Waals surface area contributed by atoms with Gasteiger partial charge in [0.15, 0.2) is 23.0 Å². The Bertz CT molecular complexity index is 1230. The first-order chi connectivity index (χ1) is 16.2. The Morgan fingerprint density at radius 1 is 1.06 bits per heavy atom. The lowest BCUT2D eigenvalue weighted by atomic mass is 9.76. The largest absolute Gasteiger partial charge is 0.493 e. The maximum Gasteiger partial charge on any atom is 0.231 e. The summed E-state index contributed by atoms with van der Waals surface area (Å²) >= 11 is 0. The molecular formula is C28H27NO4. The van der Waals surface area contributed by atoms with Crippen LogP contribution in [0.15, 0.2) is 54.6 Å². The molecule has 168 valence electrons. The van der Waals surface area contributed by atoms with Crippen LogP contribution >= 0.6 is 0 Å². The number of benzene rings is 3. The summed E-state index contributed by atoms with van der Waals surface area (Å²) < 4.78 is 23.7. The first-order valence-electron chi connectivity index (χ1n) is 11.4. The number of hydrogen-bond acceptors (Lipinski definition) is 5. The van der Waals surface area contributed by atoms with Gasteiger partial charge in [-0.25, -0.2) is 0 Å². The van der Waals surface area contributed by atoms with E-state index in [9.17, 15) is 0 Å². The molecule has 33 heavy (non-hydrogen) atoms. The molecule has 1 aliphatic carbocycles. The minimum absolute atomic E-state index is 0.269. The van der Waals surface area contributed by atoms with E-state index < -0.39 is 0 Å². The molecule has 0 N–H and O–H groups in total. The summed E-state index contributed by atoms with van der Waals surface area (Å²) in [5.41, 5.74) is 7.41. The van der Waals surface area contributed by atoms with Crippen LogP contribution < -0.4 is 18.9 Å². The third-order valence-corrected chi connectivity index (χ3v) is 6.91. The van der Waals surface area contributed by atoms with Gasteiger partial charge in [0.1, 0.15) is 6.61 Å². The number of rotatable bonds is 5.